The SMILES string of the molecule is CC1(C)CCC(CN2CCN(c3ccc(C(=O)NS(=O)(=O)c4ccc(NCC5CCC(N[SH]6(=O)CCOCC6)CC5)c([N+](=O)[O-])c4)c(Oc4cnc5[nH]ccc5c4)c3)CC2)=C(c2ccc(Cl)cc2)C1. The van der Waals surface area contributed by atoms with E-state index in [1.165, 1.54) is 35.0 Å². The topological polar surface area (TPSA) is 201 Å². The number of amides is 1. The highest BCUT2D eigenvalue weighted by molar-refractivity contribution is 8.01. The van der Waals surface area contributed by atoms with Crippen LogP contribution < -0.4 is 24.4 Å². The number of aromatic amines is 1. The lowest BCUT2D eigenvalue weighted by Crippen LogP contribution is -2.49. The molecule has 0 atom stereocenters. The van der Waals surface area contributed by atoms with E-state index in [2.05, 4.69) is 60.5 Å². The number of anilines is 2. The van der Waals surface area contributed by atoms with Crippen molar-refractivity contribution in [1.82, 2.24) is 24.3 Å². The Kier molecular flexibility index (Phi) is 14.5. The molecular formula is C50H61ClN8O8S2. The molecule has 0 bridgehead atoms. The first-order chi connectivity index (χ1) is 33.1. The smallest absolute Gasteiger partial charge is 0.293 e. The zero-order valence-corrected chi connectivity index (χ0v) is 41.5. The molecule has 0 spiro atoms. The highest BCUT2D eigenvalue weighted by atomic mass is 35.5. The molecule has 0 unspecified atom stereocenters. The Labute approximate surface area is 409 Å². The average molecular weight is 1000 g/mol. The van der Waals surface area contributed by atoms with Gasteiger partial charge in [0.1, 0.15) is 22.8 Å². The minimum absolute atomic E-state index is 0.0465. The number of H-pyrrole nitrogens is 1. The molecule has 1 amide bonds. The van der Waals surface area contributed by atoms with Crippen LogP contribution in [-0.2, 0) is 24.9 Å². The minimum atomic E-state index is -4.60. The van der Waals surface area contributed by atoms with Crippen molar-refractivity contribution in [1.29, 1.82) is 0 Å². The molecule has 368 valence electrons. The first kappa shape index (κ1) is 48.6. The van der Waals surface area contributed by atoms with E-state index in [1.807, 2.05) is 18.2 Å². The molecule has 1 saturated carbocycles. The summed E-state index contributed by atoms with van der Waals surface area (Å²) in [4.78, 5) is 37.5. The van der Waals surface area contributed by atoms with Crippen molar-refractivity contribution in [2.75, 3.05) is 74.2 Å². The number of hydrogen-bond donors (Lipinski definition) is 5. The van der Waals surface area contributed by atoms with E-state index in [-0.39, 0.29) is 34.4 Å². The van der Waals surface area contributed by atoms with Gasteiger partial charge in [0.2, 0.25) is 0 Å². The Morgan fingerprint density at radius 1 is 1.00 bits per heavy atom. The number of benzene rings is 3. The largest absolute Gasteiger partial charge is 0.455 e. The summed E-state index contributed by atoms with van der Waals surface area (Å²) in [6, 6.07) is 20.6. The first-order valence-corrected chi connectivity index (χ1v) is 27.7. The number of fused-ring (bicyclic) bond motifs is 1. The number of piperazine rings is 1. The van der Waals surface area contributed by atoms with Crippen LogP contribution in [0, 0.1) is 21.4 Å². The Hall–Kier alpha value is -5.37. The summed E-state index contributed by atoms with van der Waals surface area (Å²) in [5.41, 5.74) is 5.47. The maximum Gasteiger partial charge on any atom is 0.293 e. The van der Waals surface area contributed by atoms with E-state index in [0.29, 0.717) is 55.8 Å². The van der Waals surface area contributed by atoms with Crippen molar-refractivity contribution >= 4 is 71.3 Å². The number of aromatic nitrogens is 2. The normalized spacial score (nSPS) is 21.4. The summed E-state index contributed by atoms with van der Waals surface area (Å²) in [6.07, 6.45) is 9.83. The second kappa shape index (κ2) is 20.5. The van der Waals surface area contributed by atoms with E-state index in [9.17, 15) is 27.5 Å². The molecule has 4 N–H and O–H groups in total. The van der Waals surface area contributed by atoms with Gasteiger partial charge >= 0.3 is 0 Å². The predicted molar refractivity (Wildman–Crippen MR) is 272 cm³/mol. The summed E-state index contributed by atoms with van der Waals surface area (Å²) in [7, 11) is -7.03. The molecule has 2 aliphatic carbocycles. The second-order valence-electron chi connectivity index (χ2n) is 19.6. The Morgan fingerprint density at radius 3 is 2.49 bits per heavy atom. The number of pyridine rings is 1. The van der Waals surface area contributed by atoms with Crippen LogP contribution in [0.15, 0.2) is 95.7 Å². The number of nitro groups is 1. The molecule has 3 aromatic carbocycles. The van der Waals surface area contributed by atoms with Gasteiger partial charge in [-0.05, 0) is 116 Å². The number of nitrogens with one attached hydrogen (secondary N) is 4. The second-order valence-corrected chi connectivity index (χ2v) is 24.7. The van der Waals surface area contributed by atoms with Crippen LogP contribution in [0.3, 0.4) is 0 Å². The van der Waals surface area contributed by atoms with Crippen LogP contribution in [0.5, 0.6) is 11.5 Å². The van der Waals surface area contributed by atoms with E-state index in [4.69, 9.17) is 21.1 Å². The Morgan fingerprint density at radius 2 is 1.75 bits per heavy atom. The van der Waals surface area contributed by atoms with Gasteiger partial charge in [-0.1, -0.05) is 53.3 Å². The average Bonchev–Trinajstić information content (AvgIpc) is 3.80. The lowest BCUT2D eigenvalue weighted by Gasteiger charge is -2.39. The fraction of sp³-hybridized carbons (Fsp3) is 0.440. The maximum absolute atomic E-state index is 14.0. The molecule has 9 rings (SSSR count). The zero-order chi connectivity index (χ0) is 48.3. The van der Waals surface area contributed by atoms with E-state index >= 15 is 0 Å². The quantitative estimate of drug-likeness (QED) is 0.0382. The molecule has 0 radical (unpaired) electrons. The van der Waals surface area contributed by atoms with E-state index < -0.39 is 41.6 Å². The first-order valence-electron chi connectivity index (χ1n) is 23.8. The van der Waals surface area contributed by atoms with Crippen molar-refractivity contribution in [2.24, 2.45) is 11.3 Å². The standard InChI is InChI=1S/C50H61ClN8O8S2/c1-50(2)17-15-37(44(30-50)35-5-7-38(51)8-6-35)33-57-19-21-58(22-20-57)40-11-13-43(47(28-40)67-41-27-36-16-18-52-48(36)54-32-41)49(60)56-69(64,65)42-12-14-45(46(29-42)59(61)62)53-31-34-3-9-39(10-4-34)55-68(63)25-23-66-24-26-68/h5-8,11-14,16,18,27-29,32,34,39,53,68H,3-4,9-10,15,17,19-26,30-31,33H2,1-2H3,(H,52,54)(H,55,63)(H,56,60). The third-order valence-electron chi connectivity index (χ3n) is 14.1. The number of nitrogens with zero attached hydrogens (tertiary/aromatic N) is 4. The number of ether oxygens (including phenoxy) is 2. The van der Waals surface area contributed by atoms with Crippen molar-refractivity contribution < 1.29 is 31.8 Å². The predicted octanol–water partition coefficient (Wildman–Crippen LogP) is 8.34. The molecule has 69 heavy (non-hydrogen) atoms. The van der Waals surface area contributed by atoms with Gasteiger partial charge in [0, 0.05) is 91.2 Å². The number of allylic oxidation sites excluding steroid dienone is 1. The van der Waals surface area contributed by atoms with Gasteiger partial charge in [0.15, 0.2) is 0 Å². The zero-order valence-electron chi connectivity index (χ0n) is 39.0. The molecule has 19 heteroatoms. The number of thiol groups is 1. The summed E-state index contributed by atoms with van der Waals surface area (Å²) in [6.45, 7) is 10.1. The summed E-state index contributed by atoms with van der Waals surface area (Å²) < 4.78 is 58.1. The van der Waals surface area contributed by atoms with Gasteiger partial charge in [-0.2, -0.15) is 0 Å². The van der Waals surface area contributed by atoms with E-state index in [0.717, 1.165) is 86.7 Å². The van der Waals surface area contributed by atoms with Gasteiger partial charge in [0.25, 0.3) is 21.6 Å². The van der Waals surface area contributed by atoms with Gasteiger partial charge in [-0.15, -0.1) is 0 Å². The highest BCUT2D eigenvalue weighted by Crippen LogP contribution is 2.44. The van der Waals surface area contributed by atoms with Crippen LogP contribution in [0.1, 0.15) is 74.7 Å². The molecule has 3 fully saturated rings. The number of rotatable bonds is 15. The number of sulfonamides is 1. The molecule has 16 nitrogen and oxygen atoms in total. The van der Waals surface area contributed by atoms with Gasteiger partial charge in [0.05, 0.1) is 34.8 Å². The van der Waals surface area contributed by atoms with Crippen molar-refractivity contribution in [2.45, 2.75) is 69.7 Å². The van der Waals surface area contributed by atoms with Crippen LogP contribution in [0.25, 0.3) is 16.6 Å². The summed E-state index contributed by atoms with van der Waals surface area (Å²) in [5, 5.41) is 17.0. The van der Waals surface area contributed by atoms with Gasteiger partial charge in [-0.3, -0.25) is 28.7 Å². The molecule has 2 aromatic heterocycles. The lowest BCUT2D eigenvalue weighted by molar-refractivity contribution is -0.384. The van der Waals surface area contributed by atoms with Crippen LogP contribution in [0.2, 0.25) is 5.02 Å². The van der Waals surface area contributed by atoms with Gasteiger partial charge in [-0.25, -0.2) is 18.1 Å². The van der Waals surface area contributed by atoms with E-state index in [1.54, 1.807) is 30.5 Å². The van der Waals surface area contributed by atoms with Crippen LogP contribution in [0.4, 0.5) is 17.1 Å². The molecule has 4 aliphatic rings. The van der Waals surface area contributed by atoms with Crippen molar-refractivity contribution in [3.05, 3.63) is 117 Å². The number of halogens is 1. The maximum atomic E-state index is 14.0. The highest BCUT2D eigenvalue weighted by Gasteiger charge is 2.32. The van der Waals surface area contributed by atoms with Gasteiger partial charge < -0.3 is 24.7 Å². The van der Waals surface area contributed by atoms with Crippen LogP contribution in [-0.4, -0.2) is 108 Å². The fourth-order valence-electron chi connectivity index (χ4n) is 10.0. The Balaban J connectivity index is 0.878. The molecular weight excluding hydrogens is 940 g/mol. The molecule has 4 heterocycles. The number of nitro benzene ring substituents is 1. The third kappa shape index (κ3) is 11.8. The molecule has 2 aliphatic heterocycles. The van der Waals surface area contributed by atoms with Crippen LogP contribution >= 0.6 is 11.6 Å². The number of carbonyl (C=O) groups is 1. The minimum Gasteiger partial charge on any atom is -0.455 e. The van der Waals surface area contributed by atoms with Crippen molar-refractivity contribution in [3.63, 3.8) is 0 Å². The molecule has 5 aromatic rings. The fourth-order valence-corrected chi connectivity index (χ4v) is 13.4. The number of hydrogen-bond acceptors (Lipinski definition) is 12. The third-order valence-corrected chi connectivity index (χ3v) is 18.3. The number of carbonyl (C=O) groups excluding carboxylic acids is 1. The summed E-state index contributed by atoms with van der Waals surface area (Å²) >= 11 is 6.25. The molecule has 2 saturated heterocycles. The summed E-state index contributed by atoms with van der Waals surface area (Å²) in [5.74, 6) is 0.819. The lowest BCUT2D eigenvalue weighted by atomic mass is 9.72. The Bertz CT molecular complexity index is 2880. The monoisotopic (exact) mass is 1000 g/mol. The van der Waals surface area contributed by atoms with Crippen molar-refractivity contribution in [3.8, 4) is 11.5 Å².